The number of primary amides is 1. The number of carbonyl (C=O) groups is 1. The molecule has 0 aliphatic carbocycles. The Hall–Kier alpha value is -2.78. The Bertz CT molecular complexity index is 1090. The summed E-state index contributed by atoms with van der Waals surface area (Å²) >= 11 is 0. The number of hydrogen-bond acceptors (Lipinski definition) is 5. The van der Waals surface area contributed by atoms with Crippen LogP contribution in [0.2, 0.25) is 0 Å². The van der Waals surface area contributed by atoms with E-state index >= 15 is 0 Å². The van der Waals surface area contributed by atoms with Gasteiger partial charge in [-0.2, -0.15) is 5.10 Å². The highest BCUT2D eigenvalue weighted by molar-refractivity contribution is 7.89. The van der Waals surface area contributed by atoms with Crippen molar-refractivity contribution in [3.8, 4) is 0 Å². The average molecular weight is 373 g/mol. The first-order chi connectivity index (χ1) is 12.3. The number of sulfonamides is 1. The zero-order valence-electron chi connectivity index (χ0n) is 14.4. The molecule has 0 bridgehead atoms. The molecule has 0 spiro atoms. The van der Waals surface area contributed by atoms with Crippen molar-refractivity contribution >= 4 is 27.0 Å². The molecule has 0 unspecified atom stereocenters. The zero-order valence-corrected chi connectivity index (χ0v) is 15.2. The molecule has 3 rings (SSSR count). The lowest BCUT2D eigenvalue weighted by Crippen LogP contribution is -2.26. The molecule has 0 atom stereocenters. The SMILES string of the molecule is Cc1nn(C)c2ncc(S(=O)(=O)NCCc3cccc(C(N)=O)c3)cc12. The maximum Gasteiger partial charge on any atom is 0.248 e. The molecule has 26 heavy (non-hydrogen) atoms. The third-order valence-corrected chi connectivity index (χ3v) is 5.49. The number of fused-ring (bicyclic) bond motifs is 1. The lowest BCUT2D eigenvalue weighted by Gasteiger charge is -2.07. The van der Waals surface area contributed by atoms with E-state index in [1.807, 2.05) is 6.07 Å². The van der Waals surface area contributed by atoms with Gasteiger partial charge in [-0.25, -0.2) is 18.1 Å². The second-order valence-electron chi connectivity index (χ2n) is 5.96. The van der Waals surface area contributed by atoms with Gasteiger partial charge in [-0.1, -0.05) is 12.1 Å². The number of rotatable bonds is 6. The highest BCUT2D eigenvalue weighted by atomic mass is 32.2. The van der Waals surface area contributed by atoms with Crippen LogP contribution in [0.4, 0.5) is 0 Å². The summed E-state index contributed by atoms with van der Waals surface area (Å²) < 4.78 is 29.2. The summed E-state index contributed by atoms with van der Waals surface area (Å²) in [6, 6.07) is 8.37. The molecule has 2 aromatic heterocycles. The van der Waals surface area contributed by atoms with E-state index < -0.39 is 15.9 Å². The van der Waals surface area contributed by atoms with Gasteiger partial charge in [-0.15, -0.1) is 0 Å². The van der Waals surface area contributed by atoms with Crippen LogP contribution in [0.1, 0.15) is 21.6 Å². The van der Waals surface area contributed by atoms with Gasteiger partial charge in [0.25, 0.3) is 0 Å². The molecule has 3 aromatic rings. The largest absolute Gasteiger partial charge is 0.366 e. The summed E-state index contributed by atoms with van der Waals surface area (Å²) in [4.78, 5) is 15.5. The number of nitrogens with two attached hydrogens (primary N) is 1. The Morgan fingerprint density at radius 2 is 2.08 bits per heavy atom. The molecule has 0 saturated heterocycles. The van der Waals surface area contributed by atoms with Crippen molar-refractivity contribution in [2.24, 2.45) is 12.8 Å². The number of nitrogens with one attached hydrogen (secondary N) is 1. The Kier molecular flexibility index (Phi) is 4.75. The van der Waals surface area contributed by atoms with Gasteiger partial charge >= 0.3 is 0 Å². The fourth-order valence-corrected chi connectivity index (χ4v) is 3.73. The number of hydrogen-bond donors (Lipinski definition) is 2. The molecule has 0 fully saturated rings. The van der Waals surface area contributed by atoms with Gasteiger partial charge in [0.1, 0.15) is 4.90 Å². The number of pyridine rings is 1. The van der Waals surface area contributed by atoms with Gasteiger partial charge in [-0.3, -0.25) is 9.48 Å². The third kappa shape index (κ3) is 3.58. The first-order valence-electron chi connectivity index (χ1n) is 7.96. The van der Waals surface area contributed by atoms with Gasteiger partial charge in [0.05, 0.1) is 5.69 Å². The Morgan fingerprint density at radius 3 is 2.81 bits per heavy atom. The summed E-state index contributed by atoms with van der Waals surface area (Å²) in [5.41, 5.74) is 7.81. The molecule has 0 saturated carbocycles. The molecular formula is C17H19N5O3S. The lowest BCUT2D eigenvalue weighted by atomic mass is 10.1. The van der Waals surface area contributed by atoms with Crippen molar-refractivity contribution < 1.29 is 13.2 Å². The molecular weight excluding hydrogens is 354 g/mol. The summed E-state index contributed by atoms with van der Waals surface area (Å²) in [7, 11) is -1.94. The van der Waals surface area contributed by atoms with Crippen LogP contribution in [0.5, 0.6) is 0 Å². The predicted molar refractivity (Wildman–Crippen MR) is 97.1 cm³/mol. The second-order valence-corrected chi connectivity index (χ2v) is 7.73. The number of benzene rings is 1. The number of carbonyl (C=O) groups excluding carboxylic acids is 1. The minimum Gasteiger partial charge on any atom is -0.366 e. The fraction of sp³-hybridized carbons (Fsp3) is 0.235. The Balaban J connectivity index is 1.74. The van der Waals surface area contributed by atoms with Gasteiger partial charge in [0.2, 0.25) is 15.9 Å². The van der Waals surface area contributed by atoms with Crippen LogP contribution in [0.3, 0.4) is 0 Å². The van der Waals surface area contributed by atoms with Crippen molar-refractivity contribution in [2.45, 2.75) is 18.2 Å². The first-order valence-corrected chi connectivity index (χ1v) is 9.44. The van der Waals surface area contributed by atoms with Gasteiger partial charge in [-0.05, 0) is 37.1 Å². The molecule has 1 amide bonds. The maximum absolute atomic E-state index is 12.5. The topological polar surface area (TPSA) is 120 Å². The average Bonchev–Trinajstić information content (AvgIpc) is 2.89. The molecule has 3 N–H and O–H groups in total. The second kappa shape index (κ2) is 6.85. The quantitative estimate of drug-likeness (QED) is 0.665. The minimum atomic E-state index is -3.70. The van der Waals surface area contributed by atoms with E-state index in [4.69, 9.17) is 5.73 Å². The monoisotopic (exact) mass is 373 g/mol. The Labute approximate surface area is 151 Å². The number of aryl methyl sites for hydroxylation is 2. The molecule has 2 heterocycles. The van der Waals surface area contributed by atoms with E-state index in [0.717, 1.165) is 11.3 Å². The zero-order chi connectivity index (χ0) is 18.9. The van der Waals surface area contributed by atoms with Crippen LogP contribution >= 0.6 is 0 Å². The number of amides is 1. The summed E-state index contributed by atoms with van der Waals surface area (Å²) in [5, 5.41) is 4.94. The number of nitrogens with zero attached hydrogens (tertiary/aromatic N) is 3. The van der Waals surface area contributed by atoms with Crippen LogP contribution in [0.15, 0.2) is 41.4 Å². The van der Waals surface area contributed by atoms with E-state index in [2.05, 4.69) is 14.8 Å². The maximum atomic E-state index is 12.5. The Morgan fingerprint density at radius 1 is 1.31 bits per heavy atom. The van der Waals surface area contributed by atoms with E-state index in [1.165, 1.54) is 6.20 Å². The van der Waals surface area contributed by atoms with Crippen LogP contribution in [0.25, 0.3) is 11.0 Å². The van der Waals surface area contributed by atoms with Gasteiger partial charge in [0.15, 0.2) is 5.65 Å². The summed E-state index contributed by atoms with van der Waals surface area (Å²) in [6.45, 7) is 1.99. The predicted octanol–water partition coefficient (Wildman–Crippen LogP) is 0.897. The fourth-order valence-electron chi connectivity index (χ4n) is 2.73. The van der Waals surface area contributed by atoms with Crippen molar-refractivity contribution in [2.75, 3.05) is 6.54 Å². The van der Waals surface area contributed by atoms with E-state index in [1.54, 1.807) is 42.9 Å². The highest BCUT2D eigenvalue weighted by Gasteiger charge is 2.17. The van der Waals surface area contributed by atoms with E-state index in [-0.39, 0.29) is 11.4 Å². The van der Waals surface area contributed by atoms with Crippen LogP contribution in [-0.4, -0.2) is 35.6 Å². The van der Waals surface area contributed by atoms with Crippen molar-refractivity contribution in [3.05, 3.63) is 53.3 Å². The van der Waals surface area contributed by atoms with Crippen molar-refractivity contribution in [1.82, 2.24) is 19.5 Å². The third-order valence-electron chi connectivity index (χ3n) is 4.07. The number of aromatic nitrogens is 3. The van der Waals surface area contributed by atoms with Crippen LogP contribution < -0.4 is 10.5 Å². The smallest absolute Gasteiger partial charge is 0.248 e. The van der Waals surface area contributed by atoms with Crippen molar-refractivity contribution in [3.63, 3.8) is 0 Å². The van der Waals surface area contributed by atoms with E-state index in [0.29, 0.717) is 23.0 Å². The molecule has 1 aromatic carbocycles. The highest BCUT2D eigenvalue weighted by Crippen LogP contribution is 2.19. The molecule has 136 valence electrons. The molecule has 9 heteroatoms. The first kappa shape index (κ1) is 18.0. The van der Waals surface area contributed by atoms with Crippen molar-refractivity contribution in [1.29, 1.82) is 0 Å². The summed E-state index contributed by atoms with van der Waals surface area (Å²) in [6.07, 6.45) is 1.75. The molecule has 8 nitrogen and oxygen atoms in total. The van der Waals surface area contributed by atoms with Gasteiger partial charge < -0.3 is 5.73 Å². The molecule has 0 aliphatic heterocycles. The lowest BCUT2D eigenvalue weighted by molar-refractivity contribution is 0.1000. The minimum absolute atomic E-state index is 0.0898. The standard InChI is InChI=1S/C17H19N5O3S/c1-11-15-9-14(10-19-17(15)22(2)21-11)26(24,25)20-7-6-12-4-3-5-13(8-12)16(18)23/h3-5,8-10,20H,6-7H2,1-2H3,(H2,18,23). The molecule has 0 aliphatic rings. The van der Waals surface area contributed by atoms with Crippen LogP contribution in [0, 0.1) is 6.92 Å². The van der Waals surface area contributed by atoms with Crippen LogP contribution in [-0.2, 0) is 23.5 Å². The summed E-state index contributed by atoms with van der Waals surface area (Å²) in [5.74, 6) is -0.515. The van der Waals surface area contributed by atoms with Gasteiger partial charge in [0, 0.05) is 30.7 Å². The normalized spacial score (nSPS) is 11.8. The molecule has 0 radical (unpaired) electrons. The van der Waals surface area contributed by atoms with E-state index in [9.17, 15) is 13.2 Å².